The summed E-state index contributed by atoms with van der Waals surface area (Å²) in [5.41, 5.74) is 1.05. The normalized spacial score (nSPS) is 11.9. The highest BCUT2D eigenvalue weighted by Gasteiger charge is 2.33. The first-order valence-electron chi connectivity index (χ1n) is 13.6. The summed E-state index contributed by atoms with van der Waals surface area (Å²) in [6, 6.07) is 18.9. The number of carbonyl (C=O) groups excluding carboxylic acids is 2. The van der Waals surface area contributed by atoms with E-state index in [9.17, 15) is 18.0 Å². The van der Waals surface area contributed by atoms with E-state index in [1.807, 2.05) is 51.1 Å². The summed E-state index contributed by atoms with van der Waals surface area (Å²) in [5, 5.41) is 2.84. The minimum atomic E-state index is -4.29. The smallest absolute Gasteiger partial charge is 0.264 e. The first-order valence-corrected chi connectivity index (χ1v) is 15.1. The second kappa shape index (κ2) is 14.6. The molecular weight excluding hydrogens is 558 g/mol. The topological polar surface area (TPSA) is 114 Å². The van der Waals surface area contributed by atoms with Gasteiger partial charge in [-0.25, -0.2) is 8.42 Å². The van der Waals surface area contributed by atoms with Crippen molar-refractivity contribution in [3.05, 3.63) is 78.4 Å². The highest BCUT2D eigenvalue weighted by molar-refractivity contribution is 7.92. The van der Waals surface area contributed by atoms with Gasteiger partial charge in [-0.15, -0.1) is 0 Å². The lowest BCUT2D eigenvalue weighted by atomic mass is 10.1. The van der Waals surface area contributed by atoms with E-state index in [-0.39, 0.29) is 34.8 Å². The molecule has 0 heterocycles. The van der Waals surface area contributed by atoms with E-state index in [1.54, 1.807) is 31.2 Å². The molecular formula is C31H39N3O7S. The molecule has 0 aliphatic heterocycles. The van der Waals surface area contributed by atoms with Crippen molar-refractivity contribution in [1.29, 1.82) is 0 Å². The third kappa shape index (κ3) is 7.94. The number of carbonyl (C=O) groups is 2. The van der Waals surface area contributed by atoms with Crippen molar-refractivity contribution in [2.75, 3.05) is 31.7 Å². The molecule has 0 aromatic heterocycles. The SMILES string of the molecule is CCOc1ccc(N(CC(=O)N(Cc2ccccc2)[C@H](C)C(=O)NC(C)C)S(=O)(=O)c2ccc(OC)c(OC)c2)cc1. The monoisotopic (exact) mass is 597 g/mol. The van der Waals surface area contributed by atoms with Crippen molar-refractivity contribution in [3.8, 4) is 17.2 Å². The predicted octanol–water partition coefficient (Wildman–Crippen LogP) is 4.24. The Morgan fingerprint density at radius 3 is 2.10 bits per heavy atom. The van der Waals surface area contributed by atoms with Crippen LogP contribution >= 0.6 is 0 Å². The molecule has 0 spiro atoms. The van der Waals surface area contributed by atoms with Crippen LogP contribution in [0.15, 0.2) is 77.7 Å². The predicted molar refractivity (Wildman–Crippen MR) is 161 cm³/mol. The summed E-state index contributed by atoms with van der Waals surface area (Å²) in [6.07, 6.45) is 0. The van der Waals surface area contributed by atoms with Crippen LogP contribution < -0.4 is 23.8 Å². The lowest BCUT2D eigenvalue weighted by molar-refractivity contribution is -0.139. The number of hydrogen-bond donors (Lipinski definition) is 1. The second-order valence-electron chi connectivity index (χ2n) is 9.80. The molecule has 3 aromatic carbocycles. The molecule has 3 aromatic rings. The summed E-state index contributed by atoms with van der Waals surface area (Å²) < 4.78 is 45.4. The van der Waals surface area contributed by atoms with Gasteiger partial charge >= 0.3 is 0 Å². The summed E-state index contributed by atoms with van der Waals surface area (Å²) in [4.78, 5) is 28.3. The van der Waals surface area contributed by atoms with Crippen LogP contribution in [0.1, 0.15) is 33.3 Å². The Kier molecular flexibility index (Phi) is 11.2. The van der Waals surface area contributed by atoms with Gasteiger partial charge in [0, 0.05) is 18.7 Å². The van der Waals surface area contributed by atoms with Crippen molar-refractivity contribution in [2.24, 2.45) is 0 Å². The van der Waals surface area contributed by atoms with Crippen molar-refractivity contribution in [2.45, 2.75) is 51.2 Å². The zero-order valence-corrected chi connectivity index (χ0v) is 25.7. The average molecular weight is 598 g/mol. The van der Waals surface area contributed by atoms with Crippen LogP contribution in [0.5, 0.6) is 17.2 Å². The highest BCUT2D eigenvalue weighted by Crippen LogP contribution is 2.33. The summed E-state index contributed by atoms with van der Waals surface area (Å²) >= 11 is 0. The van der Waals surface area contributed by atoms with Crippen molar-refractivity contribution in [3.63, 3.8) is 0 Å². The number of anilines is 1. The van der Waals surface area contributed by atoms with Gasteiger partial charge in [0.1, 0.15) is 18.3 Å². The molecule has 3 rings (SSSR count). The minimum Gasteiger partial charge on any atom is -0.494 e. The molecule has 0 bridgehead atoms. The van der Waals surface area contributed by atoms with E-state index in [4.69, 9.17) is 14.2 Å². The number of ether oxygens (including phenoxy) is 3. The number of amides is 2. The van der Waals surface area contributed by atoms with Crippen LogP contribution in [0, 0.1) is 0 Å². The molecule has 2 amide bonds. The van der Waals surface area contributed by atoms with Gasteiger partial charge in [0.05, 0.1) is 31.4 Å². The Morgan fingerprint density at radius 2 is 1.52 bits per heavy atom. The fraction of sp³-hybridized carbons (Fsp3) is 0.355. The molecule has 42 heavy (non-hydrogen) atoms. The molecule has 0 fully saturated rings. The lowest BCUT2D eigenvalue weighted by Crippen LogP contribution is -2.52. The Labute approximate surface area is 248 Å². The molecule has 1 N–H and O–H groups in total. The zero-order chi connectivity index (χ0) is 30.9. The molecule has 0 saturated heterocycles. The van der Waals surface area contributed by atoms with E-state index >= 15 is 0 Å². The van der Waals surface area contributed by atoms with Gasteiger partial charge in [-0.2, -0.15) is 0 Å². The van der Waals surface area contributed by atoms with Gasteiger partial charge in [0.25, 0.3) is 10.0 Å². The number of rotatable bonds is 14. The van der Waals surface area contributed by atoms with E-state index in [2.05, 4.69) is 5.32 Å². The third-order valence-electron chi connectivity index (χ3n) is 6.45. The molecule has 0 saturated carbocycles. The van der Waals surface area contributed by atoms with E-state index in [0.29, 0.717) is 18.1 Å². The van der Waals surface area contributed by atoms with Gasteiger partial charge < -0.3 is 24.4 Å². The van der Waals surface area contributed by atoms with Crippen LogP contribution in [-0.4, -0.2) is 64.6 Å². The van der Waals surface area contributed by atoms with Crippen LogP contribution in [0.3, 0.4) is 0 Å². The molecule has 0 aliphatic rings. The van der Waals surface area contributed by atoms with Gasteiger partial charge in [-0.05, 0) is 69.7 Å². The van der Waals surface area contributed by atoms with Crippen molar-refractivity contribution >= 4 is 27.5 Å². The molecule has 11 heteroatoms. The Balaban J connectivity index is 2.07. The van der Waals surface area contributed by atoms with E-state index < -0.39 is 28.5 Å². The number of nitrogens with one attached hydrogen (secondary N) is 1. The molecule has 226 valence electrons. The molecule has 1 atom stereocenters. The van der Waals surface area contributed by atoms with Crippen molar-refractivity contribution in [1.82, 2.24) is 10.2 Å². The summed E-state index contributed by atoms with van der Waals surface area (Å²) in [5.74, 6) is 0.244. The van der Waals surface area contributed by atoms with Crippen LogP contribution in [0.2, 0.25) is 0 Å². The first-order chi connectivity index (χ1) is 20.0. The maximum Gasteiger partial charge on any atom is 0.264 e. The van der Waals surface area contributed by atoms with Crippen LogP contribution in [-0.2, 0) is 26.2 Å². The third-order valence-corrected chi connectivity index (χ3v) is 8.22. The number of nitrogens with zero attached hydrogens (tertiary/aromatic N) is 2. The molecule has 0 radical (unpaired) electrons. The average Bonchev–Trinajstić information content (AvgIpc) is 2.98. The summed E-state index contributed by atoms with van der Waals surface area (Å²) in [7, 11) is -1.43. The fourth-order valence-electron chi connectivity index (χ4n) is 4.28. The summed E-state index contributed by atoms with van der Waals surface area (Å²) in [6.45, 7) is 7.13. The minimum absolute atomic E-state index is 0.0953. The fourth-order valence-corrected chi connectivity index (χ4v) is 5.71. The van der Waals surface area contributed by atoms with Gasteiger partial charge in [-0.1, -0.05) is 30.3 Å². The Hall–Kier alpha value is -4.25. The molecule has 0 aliphatic carbocycles. The Bertz CT molecular complexity index is 1450. The second-order valence-corrected chi connectivity index (χ2v) is 11.7. The molecule has 0 unspecified atom stereocenters. The Morgan fingerprint density at radius 1 is 0.881 bits per heavy atom. The van der Waals surface area contributed by atoms with Crippen LogP contribution in [0.4, 0.5) is 5.69 Å². The number of benzene rings is 3. The van der Waals surface area contributed by atoms with Crippen molar-refractivity contribution < 1.29 is 32.2 Å². The lowest BCUT2D eigenvalue weighted by Gasteiger charge is -2.32. The van der Waals surface area contributed by atoms with E-state index in [1.165, 1.54) is 37.3 Å². The van der Waals surface area contributed by atoms with Gasteiger partial charge in [-0.3, -0.25) is 13.9 Å². The van der Waals surface area contributed by atoms with Gasteiger partial charge in [0.15, 0.2) is 11.5 Å². The van der Waals surface area contributed by atoms with E-state index in [0.717, 1.165) is 9.87 Å². The van der Waals surface area contributed by atoms with Gasteiger partial charge in [0.2, 0.25) is 11.8 Å². The first kappa shape index (κ1) is 32.3. The zero-order valence-electron chi connectivity index (χ0n) is 24.9. The number of hydrogen-bond acceptors (Lipinski definition) is 7. The maximum absolute atomic E-state index is 14.1. The number of methoxy groups -OCH3 is 2. The van der Waals surface area contributed by atoms with Crippen LogP contribution in [0.25, 0.3) is 0 Å². The molecule has 10 nitrogen and oxygen atoms in total. The highest BCUT2D eigenvalue weighted by atomic mass is 32.2. The largest absolute Gasteiger partial charge is 0.494 e. The number of sulfonamides is 1. The quantitative estimate of drug-likeness (QED) is 0.296. The maximum atomic E-state index is 14.1. The standard InChI is InChI=1S/C31H39N3O7S/c1-7-41-26-15-13-25(14-16-26)34(42(37,38)27-17-18-28(39-5)29(19-27)40-6)21-30(35)33(20-24-11-9-8-10-12-24)23(4)31(36)32-22(2)3/h8-19,22-23H,7,20-21H2,1-6H3,(H,32,36)/t23-/m1/s1.